The van der Waals surface area contributed by atoms with Crippen molar-refractivity contribution in [1.29, 1.82) is 0 Å². The molecule has 5 rings (SSSR count). The number of carbonyl (C=O) groups excluding carboxylic acids is 2. The highest BCUT2D eigenvalue weighted by Gasteiger charge is 2.37. The van der Waals surface area contributed by atoms with E-state index in [2.05, 4.69) is 35.9 Å². The van der Waals surface area contributed by atoms with Crippen molar-refractivity contribution in [3.05, 3.63) is 61.9 Å². The van der Waals surface area contributed by atoms with Gasteiger partial charge in [0.1, 0.15) is 11.9 Å². The number of hydrogen-bond donors (Lipinski definition) is 2. The number of sulfonamides is 1. The highest BCUT2D eigenvalue weighted by molar-refractivity contribution is 9.10. The van der Waals surface area contributed by atoms with Gasteiger partial charge >= 0.3 is 5.97 Å². The Morgan fingerprint density at radius 1 is 1.33 bits per heavy atom. The average molecular weight is 685 g/mol. The predicted molar refractivity (Wildman–Crippen MR) is 158 cm³/mol. The van der Waals surface area contributed by atoms with Crippen molar-refractivity contribution in [2.45, 2.75) is 50.0 Å². The van der Waals surface area contributed by atoms with Gasteiger partial charge in [-0.15, -0.1) is 11.3 Å². The van der Waals surface area contributed by atoms with E-state index in [9.17, 15) is 22.4 Å². The van der Waals surface area contributed by atoms with E-state index in [4.69, 9.17) is 14.5 Å². The number of thiazole rings is 1. The van der Waals surface area contributed by atoms with E-state index < -0.39 is 39.0 Å². The molecule has 226 valence electrons. The van der Waals surface area contributed by atoms with Gasteiger partial charge < -0.3 is 14.8 Å². The van der Waals surface area contributed by atoms with E-state index in [1.807, 2.05) is 5.38 Å². The maximum atomic E-state index is 14.0. The van der Waals surface area contributed by atoms with Crippen LogP contribution >= 0.6 is 27.3 Å². The summed E-state index contributed by atoms with van der Waals surface area (Å²) >= 11 is 4.83. The smallest absolute Gasteiger partial charge is 0.338 e. The molecular weight excluding hydrogens is 653 g/mol. The standard InChI is InChI=1S/C27H31BrFN5O6S2/c1-2-39-27(36)23-21(15-34-10-11-40-17(14-34)4-8-22(35)33-42(37,38)18-5-6-18)31-25(26-30-9-12-41-26)32-24(23)19-7-3-16(29)13-20(19)28/h3,7,9,12-13,17-18,24H,2,4-6,8,10-11,14-15H2,1H3,(H,31,32)(H,33,35). The van der Waals surface area contributed by atoms with E-state index in [1.165, 1.54) is 23.5 Å². The number of ether oxygens (including phenoxy) is 2. The third-order valence-electron chi connectivity index (χ3n) is 7.03. The molecule has 0 radical (unpaired) electrons. The number of amidine groups is 1. The third-order valence-corrected chi connectivity index (χ3v) is 10.4. The highest BCUT2D eigenvalue weighted by Crippen LogP contribution is 2.37. The lowest BCUT2D eigenvalue weighted by Gasteiger charge is -2.35. The van der Waals surface area contributed by atoms with Crippen molar-refractivity contribution >= 4 is 55.0 Å². The van der Waals surface area contributed by atoms with E-state index in [1.54, 1.807) is 19.2 Å². The Labute approximate surface area is 255 Å². The third kappa shape index (κ3) is 7.43. The monoisotopic (exact) mass is 683 g/mol. The Morgan fingerprint density at radius 2 is 2.14 bits per heavy atom. The summed E-state index contributed by atoms with van der Waals surface area (Å²) in [5.41, 5.74) is 1.47. The van der Waals surface area contributed by atoms with Crippen LogP contribution in [0.15, 0.2) is 50.5 Å². The number of aliphatic imine (C=N–C) groups is 1. The lowest BCUT2D eigenvalue weighted by Crippen LogP contribution is -2.46. The molecule has 1 amide bonds. The molecule has 3 heterocycles. The van der Waals surface area contributed by atoms with Crippen LogP contribution in [0.5, 0.6) is 0 Å². The zero-order chi connectivity index (χ0) is 29.9. The Hall–Kier alpha value is -2.72. The Bertz CT molecular complexity index is 1500. The maximum absolute atomic E-state index is 14.0. The first-order chi connectivity index (χ1) is 20.1. The number of nitrogens with one attached hydrogen (secondary N) is 2. The lowest BCUT2D eigenvalue weighted by atomic mass is 9.95. The number of nitrogens with zero attached hydrogens (tertiary/aromatic N) is 3. The molecule has 2 atom stereocenters. The summed E-state index contributed by atoms with van der Waals surface area (Å²) in [6, 6.07) is 3.45. The molecule has 1 aliphatic carbocycles. The molecule has 2 unspecified atom stereocenters. The number of hydrogen-bond acceptors (Lipinski definition) is 11. The van der Waals surface area contributed by atoms with Gasteiger partial charge in [-0.2, -0.15) is 0 Å². The second kappa shape index (κ2) is 13.3. The van der Waals surface area contributed by atoms with Gasteiger partial charge in [0.05, 0.1) is 30.1 Å². The molecule has 15 heteroatoms. The van der Waals surface area contributed by atoms with Gasteiger partial charge in [0.25, 0.3) is 0 Å². The van der Waals surface area contributed by atoms with E-state index in [0.29, 0.717) is 77.7 Å². The Morgan fingerprint density at radius 3 is 2.83 bits per heavy atom. The molecular formula is C27H31BrFN5O6S2. The van der Waals surface area contributed by atoms with Gasteiger partial charge in [-0.05, 0) is 43.9 Å². The van der Waals surface area contributed by atoms with Gasteiger partial charge in [-0.3, -0.25) is 19.4 Å². The molecule has 42 heavy (non-hydrogen) atoms. The quantitative estimate of drug-likeness (QED) is 0.342. The van der Waals surface area contributed by atoms with Crippen molar-refractivity contribution in [2.24, 2.45) is 4.99 Å². The van der Waals surface area contributed by atoms with Gasteiger partial charge in [0.15, 0.2) is 10.8 Å². The molecule has 1 aromatic carbocycles. The Kier molecular flexibility index (Phi) is 9.72. The molecule has 1 saturated heterocycles. The van der Waals surface area contributed by atoms with Crippen LogP contribution in [0.2, 0.25) is 0 Å². The second-order valence-corrected chi connectivity index (χ2v) is 13.9. The van der Waals surface area contributed by atoms with Crippen molar-refractivity contribution < 1.29 is 31.9 Å². The topological polar surface area (TPSA) is 139 Å². The molecule has 2 fully saturated rings. The molecule has 0 bridgehead atoms. The van der Waals surface area contributed by atoms with Gasteiger partial charge in [-0.1, -0.05) is 22.0 Å². The number of halogens is 2. The molecule has 2 aliphatic heterocycles. The molecule has 1 aromatic heterocycles. The number of rotatable bonds is 11. The SMILES string of the molecule is CCOC(=O)C1=C(CN2CCOC(CCC(=O)NS(=O)(=O)C3CC3)C2)NC(c2nccs2)=NC1c1ccc(F)cc1Br. The van der Waals surface area contributed by atoms with E-state index in [-0.39, 0.29) is 19.1 Å². The van der Waals surface area contributed by atoms with Crippen LogP contribution in [0.1, 0.15) is 49.2 Å². The summed E-state index contributed by atoms with van der Waals surface area (Å²) < 4.78 is 52.1. The summed E-state index contributed by atoms with van der Waals surface area (Å²) in [6.45, 7) is 3.62. The molecule has 2 N–H and O–H groups in total. The number of esters is 1. The summed E-state index contributed by atoms with van der Waals surface area (Å²) in [6.07, 6.45) is 2.87. The molecule has 1 saturated carbocycles. The fraction of sp³-hybridized carbons (Fsp3) is 0.481. The fourth-order valence-electron chi connectivity index (χ4n) is 4.85. The molecule has 0 spiro atoms. The minimum absolute atomic E-state index is 0.0149. The van der Waals surface area contributed by atoms with Crippen LogP contribution in [-0.4, -0.2) is 80.2 Å². The zero-order valence-corrected chi connectivity index (χ0v) is 26.1. The van der Waals surface area contributed by atoms with Crippen LogP contribution < -0.4 is 10.0 Å². The number of benzene rings is 1. The van der Waals surface area contributed by atoms with Crippen molar-refractivity contribution in [3.63, 3.8) is 0 Å². The number of amides is 1. The van der Waals surface area contributed by atoms with Crippen LogP contribution in [0.4, 0.5) is 4.39 Å². The number of morpholine rings is 1. The van der Waals surface area contributed by atoms with Gasteiger partial charge in [-0.25, -0.2) is 22.6 Å². The van der Waals surface area contributed by atoms with Crippen molar-refractivity contribution in [2.75, 3.05) is 32.8 Å². The summed E-state index contributed by atoms with van der Waals surface area (Å²) in [5, 5.41) is 5.29. The highest BCUT2D eigenvalue weighted by atomic mass is 79.9. The lowest BCUT2D eigenvalue weighted by molar-refractivity contribution is -0.139. The van der Waals surface area contributed by atoms with Crippen LogP contribution in [0.3, 0.4) is 0 Å². The van der Waals surface area contributed by atoms with Gasteiger partial charge in [0.2, 0.25) is 15.9 Å². The van der Waals surface area contributed by atoms with Crippen LogP contribution in [0, 0.1) is 5.82 Å². The summed E-state index contributed by atoms with van der Waals surface area (Å²) in [4.78, 5) is 37.0. The molecule has 2 aromatic rings. The number of carbonyl (C=O) groups is 2. The fourth-order valence-corrected chi connectivity index (χ4v) is 7.35. The first-order valence-electron chi connectivity index (χ1n) is 13.6. The second-order valence-electron chi connectivity index (χ2n) is 10.2. The summed E-state index contributed by atoms with van der Waals surface area (Å²) in [7, 11) is -3.59. The normalized spacial score (nSPS) is 21.5. The maximum Gasteiger partial charge on any atom is 0.338 e. The summed E-state index contributed by atoms with van der Waals surface area (Å²) in [5.74, 6) is -1.03. The van der Waals surface area contributed by atoms with Crippen molar-refractivity contribution in [3.8, 4) is 0 Å². The van der Waals surface area contributed by atoms with Crippen molar-refractivity contribution in [1.82, 2.24) is 19.9 Å². The van der Waals surface area contributed by atoms with E-state index in [0.717, 1.165) is 0 Å². The van der Waals surface area contributed by atoms with Crippen LogP contribution in [0.25, 0.3) is 0 Å². The first-order valence-corrected chi connectivity index (χ1v) is 16.8. The molecule has 3 aliphatic rings. The average Bonchev–Trinajstić information content (AvgIpc) is 3.67. The zero-order valence-electron chi connectivity index (χ0n) is 22.8. The first kappa shape index (κ1) is 30.7. The predicted octanol–water partition coefficient (Wildman–Crippen LogP) is 3.04. The minimum atomic E-state index is -3.59. The molecule has 11 nitrogen and oxygen atoms in total. The van der Waals surface area contributed by atoms with Crippen LogP contribution in [-0.2, 0) is 29.1 Å². The van der Waals surface area contributed by atoms with E-state index >= 15 is 0 Å². The largest absolute Gasteiger partial charge is 0.463 e. The van der Waals surface area contributed by atoms with Gasteiger partial charge in [0, 0.05) is 47.8 Å². The number of aromatic nitrogens is 1. The Balaban J connectivity index is 1.37. The minimum Gasteiger partial charge on any atom is -0.463 e.